The molecule has 98 valence electrons. The summed E-state index contributed by atoms with van der Waals surface area (Å²) in [6.07, 6.45) is 2.75. The molecule has 0 aliphatic heterocycles. The summed E-state index contributed by atoms with van der Waals surface area (Å²) in [6, 6.07) is 4.35. The fourth-order valence-electron chi connectivity index (χ4n) is 1.32. The average Bonchev–Trinajstić information content (AvgIpc) is 2.80. The molecule has 0 aliphatic carbocycles. The Morgan fingerprint density at radius 1 is 1.47 bits per heavy atom. The lowest BCUT2D eigenvalue weighted by molar-refractivity contribution is -0.389. The highest BCUT2D eigenvalue weighted by Gasteiger charge is 2.13. The minimum absolute atomic E-state index is 0.141. The normalized spacial score (nSPS) is 10.2. The Kier molecular flexibility index (Phi) is 3.71. The first kappa shape index (κ1) is 13.0. The van der Waals surface area contributed by atoms with Gasteiger partial charge in [0.25, 0.3) is 0 Å². The van der Waals surface area contributed by atoms with Crippen LogP contribution < -0.4 is 5.32 Å². The molecule has 0 saturated carbocycles. The van der Waals surface area contributed by atoms with E-state index in [-0.39, 0.29) is 12.4 Å². The number of pyridine rings is 1. The topological polar surface area (TPSA) is 103 Å². The summed E-state index contributed by atoms with van der Waals surface area (Å²) >= 11 is 5.66. The van der Waals surface area contributed by atoms with Gasteiger partial charge in [0.1, 0.15) is 12.4 Å². The number of carbonyl (C=O) groups is 1. The number of halogens is 1. The van der Waals surface area contributed by atoms with Crippen LogP contribution in [0.1, 0.15) is 0 Å². The lowest BCUT2D eigenvalue weighted by Gasteiger charge is -2.02. The molecule has 0 aromatic carbocycles. The third-order valence-corrected chi connectivity index (χ3v) is 2.34. The van der Waals surface area contributed by atoms with Crippen LogP contribution in [0.15, 0.2) is 30.6 Å². The van der Waals surface area contributed by atoms with Gasteiger partial charge in [0.2, 0.25) is 5.91 Å². The Morgan fingerprint density at radius 3 is 2.84 bits per heavy atom. The third-order valence-electron chi connectivity index (χ3n) is 2.11. The van der Waals surface area contributed by atoms with E-state index in [1.807, 2.05) is 0 Å². The summed E-state index contributed by atoms with van der Waals surface area (Å²) in [7, 11) is 0. The molecule has 0 fully saturated rings. The molecule has 2 heterocycles. The van der Waals surface area contributed by atoms with Gasteiger partial charge in [-0.3, -0.25) is 4.79 Å². The van der Waals surface area contributed by atoms with Crippen molar-refractivity contribution in [3.8, 4) is 0 Å². The maximum atomic E-state index is 11.6. The van der Waals surface area contributed by atoms with Gasteiger partial charge < -0.3 is 15.4 Å². The van der Waals surface area contributed by atoms with Gasteiger partial charge in [0, 0.05) is 6.20 Å². The molecule has 0 aliphatic rings. The molecule has 2 aromatic heterocycles. The molecular formula is C10H8ClN5O3. The van der Waals surface area contributed by atoms with Crippen LogP contribution in [0.2, 0.25) is 5.02 Å². The Labute approximate surface area is 112 Å². The summed E-state index contributed by atoms with van der Waals surface area (Å²) in [6.45, 7) is -0.141. The molecule has 2 rings (SSSR count). The Hall–Kier alpha value is -2.48. The second kappa shape index (κ2) is 5.44. The molecule has 0 atom stereocenters. The second-order valence-electron chi connectivity index (χ2n) is 3.54. The van der Waals surface area contributed by atoms with Gasteiger partial charge in [-0.15, -0.1) is 0 Å². The van der Waals surface area contributed by atoms with Crippen molar-refractivity contribution >= 4 is 29.1 Å². The molecule has 0 radical (unpaired) electrons. The number of anilines is 1. The molecule has 1 amide bonds. The fourth-order valence-corrected chi connectivity index (χ4v) is 1.43. The summed E-state index contributed by atoms with van der Waals surface area (Å²) < 4.78 is 1.17. The number of hydrogen-bond acceptors (Lipinski definition) is 5. The summed E-state index contributed by atoms with van der Waals surface area (Å²) in [4.78, 5) is 25.3. The zero-order valence-electron chi connectivity index (χ0n) is 9.49. The lowest BCUT2D eigenvalue weighted by atomic mass is 10.4. The van der Waals surface area contributed by atoms with Crippen molar-refractivity contribution < 1.29 is 9.72 Å². The number of aromatic nitrogens is 3. The van der Waals surface area contributed by atoms with Gasteiger partial charge in [-0.2, -0.15) is 4.68 Å². The van der Waals surface area contributed by atoms with E-state index in [4.69, 9.17) is 11.6 Å². The Morgan fingerprint density at radius 2 is 2.26 bits per heavy atom. The van der Waals surface area contributed by atoms with E-state index in [9.17, 15) is 14.9 Å². The predicted octanol–water partition coefficient (Wildman–Crippen LogP) is 1.48. The predicted molar refractivity (Wildman–Crippen MR) is 66.8 cm³/mol. The van der Waals surface area contributed by atoms with Crippen molar-refractivity contribution in [3.63, 3.8) is 0 Å². The monoisotopic (exact) mass is 281 g/mol. The van der Waals surface area contributed by atoms with Crippen LogP contribution in [0.4, 0.5) is 11.6 Å². The largest absolute Gasteiger partial charge is 0.389 e. The van der Waals surface area contributed by atoms with E-state index in [2.05, 4.69) is 15.4 Å². The third kappa shape index (κ3) is 3.49. The first-order valence-electron chi connectivity index (χ1n) is 5.14. The van der Waals surface area contributed by atoms with Crippen LogP contribution in [0.25, 0.3) is 0 Å². The van der Waals surface area contributed by atoms with Gasteiger partial charge in [-0.25, -0.2) is 4.98 Å². The van der Waals surface area contributed by atoms with Crippen LogP contribution in [-0.2, 0) is 11.3 Å². The molecule has 0 bridgehead atoms. The molecule has 0 saturated heterocycles. The van der Waals surface area contributed by atoms with E-state index in [1.54, 1.807) is 12.1 Å². The molecule has 9 heteroatoms. The minimum Gasteiger partial charge on any atom is -0.358 e. The highest BCUT2D eigenvalue weighted by Crippen LogP contribution is 2.10. The number of nitrogens with zero attached hydrogens (tertiary/aromatic N) is 4. The molecule has 19 heavy (non-hydrogen) atoms. The maximum absolute atomic E-state index is 11.6. The zero-order valence-corrected chi connectivity index (χ0v) is 10.2. The van der Waals surface area contributed by atoms with E-state index < -0.39 is 10.8 Å². The number of hydrogen-bond donors (Lipinski definition) is 1. The Bertz CT molecular complexity index is 610. The standard InChI is InChI=1S/C10H8ClN5O3/c11-7-1-2-8(12-5-7)13-10(17)6-15-4-3-9(14-15)16(18)19/h1-5H,6H2,(H,12,13,17). The number of rotatable bonds is 4. The van der Waals surface area contributed by atoms with Crippen LogP contribution >= 0.6 is 11.6 Å². The van der Waals surface area contributed by atoms with E-state index in [1.165, 1.54) is 23.1 Å². The second-order valence-corrected chi connectivity index (χ2v) is 3.97. The van der Waals surface area contributed by atoms with Gasteiger partial charge in [-0.05, 0) is 17.1 Å². The molecule has 8 nitrogen and oxygen atoms in total. The van der Waals surface area contributed by atoms with Gasteiger partial charge >= 0.3 is 5.82 Å². The molecule has 0 spiro atoms. The first-order chi connectivity index (χ1) is 9.04. The van der Waals surface area contributed by atoms with E-state index in [0.717, 1.165) is 0 Å². The maximum Gasteiger partial charge on any atom is 0.389 e. The smallest absolute Gasteiger partial charge is 0.358 e. The average molecular weight is 282 g/mol. The van der Waals surface area contributed by atoms with E-state index in [0.29, 0.717) is 10.8 Å². The number of nitrogens with one attached hydrogen (secondary N) is 1. The fraction of sp³-hybridized carbons (Fsp3) is 0.100. The first-order valence-corrected chi connectivity index (χ1v) is 5.51. The molecule has 2 aromatic rings. The number of nitro groups is 1. The lowest BCUT2D eigenvalue weighted by Crippen LogP contribution is -2.19. The van der Waals surface area contributed by atoms with Gasteiger partial charge in [0.05, 0.1) is 22.4 Å². The number of amides is 1. The minimum atomic E-state index is -0.630. The van der Waals surface area contributed by atoms with Crippen LogP contribution in [0.5, 0.6) is 0 Å². The summed E-state index contributed by atoms with van der Waals surface area (Å²) in [5, 5.41) is 17.0. The van der Waals surface area contributed by atoms with E-state index >= 15 is 0 Å². The highest BCUT2D eigenvalue weighted by molar-refractivity contribution is 6.30. The van der Waals surface area contributed by atoms with Crippen molar-refractivity contribution in [2.45, 2.75) is 6.54 Å². The van der Waals surface area contributed by atoms with Crippen molar-refractivity contribution in [3.05, 3.63) is 45.7 Å². The molecular weight excluding hydrogens is 274 g/mol. The van der Waals surface area contributed by atoms with Gasteiger partial charge in [0.15, 0.2) is 0 Å². The Balaban J connectivity index is 1.97. The summed E-state index contributed by atoms with van der Waals surface area (Å²) in [5.74, 6) is -0.360. The molecule has 0 unspecified atom stereocenters. The molecule has 1 N–H and O–H groups in total. The number of carbonyl (C=O) groups excluding carboxylic acids is 1. The van der Waals surface area contributed by atoms with Crippen LogP contribution in [0.3, 0.4) is 0 Å². The summed E-state index contributed by atoms with van der Waals surface area (Å²) in [5.41, 5.74) is 0. The van der Waals surface area contributed by atoms with Crippen molar-refractivity contribution in [1.82, 2.24) is 14.8 Å². The quantitative estimate of drug-likeness (QED) is 0.675. The highest BCUT2D eigenvalue weighted by atomic mass is 35.5. The van der Waals surface area contributed by atoms with Crippen LogP contribution in [-0.4, -0.2) is 25.6 Å². The van der Waals surface area contributed by atoms with Crippen LogP contribution in [0, 0.1) is 10.1 Å². The SMILES string of the molecule is O=C(Cn1ccc([N+](=O)[O-])n1)Nc1ccc(Cl)cn1. The van der Waals surface area contributed by atoms with Crippen molar-refractivity contribution in [2.24, 2.45) is 0 Å². The zero-order chi connectivity index (χ0) is 13.8. The van der Waals surface area contributed by atoms with Gasteiger partial charge in [-0.1, -0.05) is 11.6 Å². The van der Waals surface area contributed by atoms with Crippen molar-refractivity contribution in [2.75, 3.05) is 5.32 Å². The van der Waals surface area contributed by atoms with Crippen molar-refractivity contribution in [1.29, 1.82) is 0 Å².